The van der Waals surface area contributed by atoms with Crippen molar-refractivity contribution in [1.82, 2.24) is 15.1 Å². The molecule has 0 amide bonds. The van der Waals surface area contributed by atoms with Crippen LogP contribution in [0.25, 0.3) is 0 Å². The van der Waals surface area contributed by atoms with Gasteiger partial charge in [0.2, 0.25) is 0 Å². The highest BCUT2D eigenvalue weighted by Crippen LogP contribution is 2.18. The molecule has 24 heavy (non-hydrogen) atoms. The summed E-state index contributed by atoms with van der Waals surface area (Å²) in [5, 5.41) is 3.91. The molecule has 2 unspecified atom stereocenters. The Morgan fingerprint density at radius 1 is 1.04 bits per heavy atom. The zero-order chi connectivity index (χ0) is 16.8. The molecule has 1 aromatic carbocycles. The third kappa shape index (κ3) is 5.05. The molecule has 2 heterocycles. The molecule has 0 aromatic heterocycles. The smallest absolute Gasteiger partial charge is 0.0243 e. The van der Waals surface area contributed by atoms with Crippen LogP contribution in [0.2, 0.25) is 0 Å². The highest BCUT2D eigenvalue weighted by molar-refractivity contribution is 5.14. The summed E-state index contributed by atoms with van der Waals surface area (Å²) in [6.07, 6.45) is 5.42. The topological polar surface area (TPSA) is 18.5 Å². The van der Waals surface area contributed by atoms with Crippen molar-refractivity contribution in [2.24, 2.45) is 5.92 Å². The lowest BCUT2D eigenvalue weighted by molar-refractivity contribution is 0.152. The average molecular weight is 330 g/mol. The highest BCUT2D eigenvalue weighted by Gasteiger charge is 2.26. The third-order valence-electron chi connectivity index (χ3n) is 5.75. The summed E-state index contributed by atoms with van der Waals surface area (Å²) in [6.45, 7) is 12.1. The van der Waals surface area contributed by atoms with E-state index in [1.165, 1.54) is 57.4 Å². The Morgan fingerprint density at radius 3 is 2.50 bits per heavy atom. The van der Waals surface area contributed by atoms with E-state index in [0.717, 1.165) is 19.0 Å². The van der Waals surface area contributed by atoms with E-state index in [4.69, 9.17) is 0 Å². The van der Waals surface area contributed by atoms with Crippen molar-refractivity contribution in [2.75, 3.05) is 32.7 Å². The second-order valence-electron chi connectivity index (χ2n) is 8.02. The molecule has 0 spiro atoms. The van der Waals surface area contributed by atoms with E-state index in [1.807, 2.05) is 0 Å². The molecule has 3 nitrogen and oxygen atoms in total. The molecule has 3 heteroatoms. The number of likely N-dealkylation sites (tertiary alicyclic amines) is 2. The first kappa shape index (κ1) is 17.9. The van der Waals surface area contributed by atoms with E-state index < -0.39 is 0 Å². The fourth-order valence-electron chi connectivity index (χ4n) is 4.35. The van der Waals surface area contributed by atoms with Crippen LogP contribution >= 0.6 is 0 Å². The number of benzene rings is 1. The monoisotopic (exact) mass is 329 g/mol. The van der Waals surface area contributed by atoms with Gasteiger partial charge in [0.1, 0.15) is 0 Å². The maximum atomic E-state index is 3.91. The predicted octanol–water partition coefficient (Wildman–Crippen LogP) is 3.36. The van der Waals surface area contributed by atoms with E-state index in [2.05, 4.69) is 59.3 Å². The third-order valence-corrected chi connectivity index (χ3v) is 5.75. The molecular weight excluding hydrogens is 294 g/mol. The first-order valence-electron chi connectivity index (χ1n) is 9.96. The molecular formula is C21H35N3. The maximum absolute atomic E-state index is 3.91. The standard InChI is InChI=1S/C21H35N3/c1-18(2)21(24-13-6-7-14-24)15-22-20-11-8-12-23(17-20)16-19-9-4-3-5-10-19/h3-5,9-10,18,20-22H,6-8,11-17H2,1-2H3. The molecule has 2 fully saturated rings. The van der Waals surface area contributed by atoms with Crippen LogP contribution in [-0.2, 0) is 6.54 Å². The van der Waals surface area contributed by atoms with Crippen LogP contribution in [-0.4, -0.2) is 54.6 Å². The first-order valence-corrected chi connectivity index (χ1v) is 9.96. The SMILES string of the molecule is CC(C)C(CNC1CCCN(Cc2ccccc2)C1)N1CCCC1. The Hall–Kier alpha value is -0.900. The second kappa shape index (κ2) is 8.98. The van der Waals surface area contributed by atoms with E-state index in [0.29, 0.717) is 12.1 Å². The first-order chi connectivity index (χ1) is 11.7. The Morgan fingerprint density at radius 2 is 1.79 bits per heavy atom. The van der Waals surface area contributed by atoms with E-state index >= 15 is 0 Å². The van der Waals surface area contributed by atoms with Crippen molar-refractivity contribution >= 4 is 0 Å². The van der Waals surface area contributed by atoms with Crippen LogP contribution in [0.15, 0.2) is 30.3 Å². The van der Waals surface area contributed by atoms with Crippen LogP contribution in [0.3, 0.4) is 0 Å². The maximum Gasteiger partial charge on any atom is 0.0243 e. The van der Waals surface area contributed by atoms with Gasteiger partial charge in [-0.2, -0.15) is 0 Å². The Bertz CT molecular complexity index is 467. The van der Waals surface area contributed by atoms with Crippen molar-refractivity contribution < 1.29 is 0 Å². The number of nitrogens with zero attached hydrogens (tertiary/aromatic N) is 2. The molecule has 2 saturated heterocycles. The summed E-state index contributed by atoms with van der Waals surface area (Å²) >= 11 is 0. The quantitative estimate of drug-likeness (QED) is 0.827. The van der Waals surface area contributed by atoms with Gasteiger partial charge in [-0.25, -0.2) is 0 Å². The fourth-order valence-corrected chi connectivity index (χ4v) is 4.35. The lowest BCUT2D eigenvalue weighted by Gasteiger charge is -2.36. The van der Waals surface area contributed by atoms with Gasteiger partial charge in [-0.3, -0.25) is 9.80 Å². The van der Waals surface area contributed by atoms with Gasteiger partial charge < -0.3 is 5.32 Å². The van der Waals surface area contributed by atoms with Crippen molar-refractivity contribution in [1.29, 1.82) is 0 Å². The van der Waals surface area contributed by atoms with E-state index in [1.54, 1.807) is 0 Å². The lowest BCUT2D eigenvalue weighted by Crippen LogP contribution is -2.51. The Kier molecular flexibility index (Phi) is 6.70. The van der Waals surface area contributed by atoms with Gasteiger partial charge >= 0.3 is 0 Å². The van der Waals surface area contributed by atoms with Gasteiger partial charge in [-0.15, -0.1) is 0 Å². The number of nitrogens with one attached hydrogen (secondary N) is 1. The van der Waals surface area contributed by atoms with Gasteiger partial charge in [0.25, 0.3) is 0 Å². The summed E-state index contributed by atoms with van der Waals surface area (Å²) in [5.74, 6) is 0.736. The number of hydrogen-bond acceptors (Lipinski definition) is 3. The van der Waals surface area contributed by atoms with Gasteiger partial charge in [0, 0.05) is 31.7 Å². The van der Waals surface area contributed by atoms with Gasteiger partial charge in [-0.1, -0.05) is 44.2 Å². The number of hydrogen-bond donors (Lipinski definition) is 1. The summed E-state index contributed by atoms with van der Waals surface area (Å²) in [5.41, 5.74) is 1.44. The van der Waals surface area contributed by atoms with Crippen molar-refractivity contribution in [3.05, 3.63) is 35.9 Å². The Balaban J connectivity index is 1.47. The van der Waals surface area contributed by atoms with Crippen LogP contribution < -0.4 is 5.32 Å². The molecule has 1 N–H and O–H groups in total. The molecule has 3 rings (SSSR count). The van der Waals surface area contributed by atoms with Gasteiger partial charge in [-0.05, 0) is 56.8 Å². The highest BCUT2D eigenvalue weighted by atomic mass is 15.2. The molecule has 2 aliphatic heterocycles. The van der Waals surface area contributed by atoms with Gasteiger partial charge in [0.05, 0.1) is 0 Å². The number of piperidine rings is 1. The van der Waals surface area contributed by atoms with E-state index in [9.17, 15) is 0 Å². The van der Waals surface area contributed by atoms with Crippen molar-refractivity contribution in [2.45, 2.75) is 58.2 Å². The van der Waals surface area contributed by atoms with Crippen molar-refractivity contribution in [3.8, 4) is 0 Å². The molecule has 0 radical (unpaired) electrons. The lowest BCUT2D eigenvalue weighted by atomic mass is 10.0. The van der Waals surface area contributed by atoms with Crippen molar-refractivity contribution in [3.63, 3.8) is 0 Å². The number of rotatable bonds is 7. The zero-order valence-electron chi connectivity index (χ0n) is 15.6. The molecule has 0 aliphatic carbocycles. The predicted molar refractivity (Wildman–Crippen MR) is 102 cm³/mol. The average Bonchev–Trinajstić information content (AvgIpc) is 3.10. The minimum atomic E-state index is 0.659. The largest absolute Gasteiger partial charge is 0.311 e. The fraction of sp³-hybridized carbons (Fsp3) is 0.714. The molecule has 0 saturated carbocycles. The summed E-state index contributed by atoms with van der Waals surface area (Å²) < 4.78 is 0. The molecule has 0 bridgehead atoms. The minimum Gasteiger partial charge on any atom is -0.311 e. The van der Waals surface area contributed by atoms with Crippen LogP contribution in [0.5, 0.6) is 0 Å². The van der Waals surface area contributed by atoms with E-state index in [-0.39, 0.29) is 0 Å². The molecule has 134 valence electrons. The van der Waals surface area contributed by atoms with Gasteiger partial charge in [0.15, 0.2) is 0 Å². The minimum absolute atomic E-state index is 0.659. The molecule has 2 aliphatic rings. The van der Waals surface area contributed by atoms with Crippen LogP contribution in [0, 0.1) is 5.92 Å². The summed E-state index contributed by atoms with van der Waals surface area (Å²) in [4.78, 5) is 5.33. The normalized spacial score (nSPS) is 24.5. The summed E-state index contributed by atoms with van der Waals surface area (Å²) in [7, 11) is 0. The Labute approximate surface area is 148 Å². The van der Waals surface area contributed by atoms with Crippen LogP contribution in [0.1, 0.15) is 45.1 Å². The molecule has 2 atom stereocenters. The zero-order valence-corrected chi connectivity index (χ0v) is 15.6. The molecule has 1 aromatic rings. The second-order valence-corrected chi connectivity index (χ2v) is 8.02. The summed E-state index contributed by atoms with van der Waals surface area (Å²) in [6, 6.07) is 12.3. The van der Waals surface area contributed by atoms with Crippen LogP contribution in [0.4, 0.5) is 0 Å².